The van der Waals surface area contributed by atoms with Crippen molar-refractivity contribution in [2.24, 2.45) is 0 Å². The van der Waals surface area contributed by atoms with Crippen molar-refractivity contribution in [1.29, 1.82) is 0 Å². The molecule has 0 aliphatic heterocycles. The number of anilines is 1. The summed E-state index contributed by atoms with van der Waals surface area (Å²) in [5, 5.41) is 3.78. The zero-order chi connectivity index (χ0) is 22.4. The standard InChI is InChI=1S/C24H22ClNO4S/c1-4-30-18-12-9-17(10-13-18)21-15(2)31-23(22(21)24(28)29-3)26-20(27)14-11-16-7-5-6-8-19(16)25/h5-14H,4H2,1-3H3,(H,26,27). The molecule has 0 unspecified atom stereocenters. The number of nitrogens with one attached hydrogen (secondary N) is 1. The Balaban J connectivity index is 1.92. The van der Waals surface area contributed by atoms with E-state index in [0.29, 0.717) is 22.2 Å². The van der Waals surface area contributed by atoms with E-state index in [1.54, 1.807) is 12.1 Å². The zero-order valence-electron chi connectivity index (χ0n) is 17.4. The van der Waals surface area contributed by atoms with Crippen molar-refractivity contribution in [3.63, 3.8) is 0 Å². The van der Waals surface area contributed by atoms with Crippen molar-refractivity contribution in [2.75, 3.05) is 19.0 Å². The SMILES string of the molecule is CCOc1ccc(-c2c(C)sc(NC(=O)C=Cc3ccccc3Cl)c2C(=O)OC)cc1. The van der Waals surface area contributed by atoms with Gasteiger partial charge < -0.3 is 14.8 Å². The minimum absolute atomic E-state index is 0.327. The Morgan fingerprint density at radius 1 is 1.13 bits per heavy atom. The number of carbonyl (C=O) groups excluding carboxylic acids is 2. The average Bonchev–Trinajstić information content (AvgIpc) is 3.08. The van der Waals surface area contributed by atoms with E-state index in [-0.39, 0.29) is 5.91 Å². The van der Waals surface area contributed by atoms with Gasteiger partial charge in [-0.15, -0.1) is 11.3 Å². The number of amides is 1. The number of thiophene rings is 1. The van der Waals surface area contributed by atoms with Crippen molar-refractivity contribution in [3.8, 4) is 16.9 Å². The molecule has 0 saturated carbocycles. The van der Waals surface area contributed by atoms with Crippen LogP contribution in [-0.2, 0) is 9.53 Å². The molecular formula is C24H22ClNO4S. The van der Waals surface area contributed by atoms with Crippen molar-refractivity contribution in [3.05, 3.63) is 75.6 Å². The van der Waals surface area contributed by atoms with E-state index in [0.717, 1.165) is 27.3 Å². The molecule has 0 aliphatic rings. The van der Waals surface area contributed by atoms with Gasteiger partial charge in [-0.3, -0.25) is 4.79 Å². The van der Waals surface area contributed by atoms with Crippen LogP contribution in [0.5, 0.6) is 5.75 Å². The number of carbonyl (C=O) groups is 2. The summed E-state index contributed by atoms with van der Waals surface area (Å²) in [5.74, 6) is -0.139. The average molecular weight is 456 g/mol. The molecule has 3 aromatic rings. The fourth-order valence-electron chi connectivity index (χ4n) is 3.09. The minimum Gasteiger partial charge on any atom is -0.494 e. The van der Waals surface area contributed by atoms with E-state index >= 15 is 0 Å². The van der Waals surface area contributed by atoms with Crippen LogP contribution in [0.2, 0.25) is 5.02 Å². The van der Waals surface area contributed by atoms with E-state index in [4.69, 9.17) is 21.1 Å². The molecule has 0 aliphatic carbocycles. The van der Waals surface area contributed by atoms with Gasteiger partial charge in [0.05, 0.1) is 13.7 Å². The van der Waals surface area contributed by atoms with Crippen LogP contribution in [0.25, 0.3) is 17.2 Å². The molecule has 0 spiro atoms. The third kappa shape index (κ3) is 5.34. The van der Waals surface area contributed by atoms with E-state index in [2.05, 4.69) is 5.32 Å². The lowest BCUT2D eigenvalue weighted by Crippen LogP contribution is -2.11. The quantitative estimate of drug-likeness (QED) is 0.339. The van der Waals surface area contributed by atoms with Crippen LogP contribution in [-0.4, -0.2) is 25.6 Å². The highest BCUT2D eigenvalue weighted by Gasteiger charge is 2.24. The first-order chi connectivity index (χ1) is 14.9. The minimum atomic E-state index is -0.515. The van der Waals surface area contributed by atoms with Gasteiger partial charge in [0.1, 0.15) is 16.3 Å². The summed E-state index contributed by atoms with van der Waals surface area (Å²) < 4.78 is 10.5. The maximum absolute atomic E-state index is 12.6. The third-order valence-electron chi connectivity index (χ3n) is 4.48. The van der Waals surface area contributed by atoms with Crippen LogP contribution in [0, 0.1) is 6.92 Å². The molecule has 1 N–H and O–H groups in total. The van der Waals surface area contributed by atoms with Gasteiger partial charge in [0.15, 0.2) is 0 Å². The van der Waals surface area contributed by atoms with E-state index in [9.17, 15) is 9.59 Å². The Kier molecular flexibility index (Phi) is 7.50. The molecule has 0 saturated heterocycles. The maximum Gasteiger partial charge on any atom is 0.341 e. The van der Waals surface area contributed by atoms with Crippen LogP contribution in [0.3, 0.4) is 0 Å². The van der Waals surface area contributed by atoms with Crippen LogP contribution in [0.1, 0.15) is 27.7 Å². The molecular weight excluding hydrogens is 434 g/mol. The first-order valence-corrected chi connectivity index (χ1v) is 10.8. The summed E-state index contributed by atoms with van der Waals surface area (Å²) in [6.45, 7) is 4.39. The third-order valence-corrected chi connectivity index (χ3v) is 5.85. The first kappa shape index (κ1) is 22.6. The Bertz CT molecular complexity index is 1120. The lowest BCUT2D eigenvalue weighted by atomic mass is 10.0. The topological polar surface area (TPSA) is 64.6 Å². The van der Waals surface area contributed by atoms with Gasteiger partial charge >= 0.3 is 5.97 Å². The molecule has 5 nitrogen and oxygen atoms in total. The van der Waals surface area contributed by atoms with E-state index in [1.165, 1.54) is 24.5 Å². The van der Waals surface area contributed by atoms with Gasteiger partial charge in [0.25, 0.3) is 0 Å². The largest absolute Gasteiger partial charge is 0.494 e. The second kappa shape index (κ2) is 10.3. The summed E-state index contributed by atoms with van der Waals surface area (Å²) in [6.07, 6.45) is 3.01. The van der Waals surface area contributed by atoms with E-state index < -0.39 is 5.97 Å². The monoisotopic (exact) mass is 455 g/mol. The number of benzene rings is 2. The zero-order valence-corrected chi connectivity index (χ0v) is 19.0. The predicted molar refractivity (Wildman–Crippen MR) is 126 cm³/mol. The summed E-state index contributed by atoms with van der Waals surface area (Å²) in [7, 11) is 1.32. The number of halogens is 1. The molecule has 0 atom stereocenters. The van der Waals surface area contributed by atoms with Crippen molar-refractivity contribution >= 4 is 45.9 Å². The highest BCUT2D eigenvalue weighted by atomic mass is 35.5. The molecule has 2 aromatic carbocycles. The fraction of sp³-hybridized carbons (Fsp3) is 0.167. The summed E-state index contributed by atoms with van der Waals surface area (Å²) in [5.41, 5.74) is 2.62. The number of aryl methyl sites for hydroxylation is 1. The Morgan fingerprint density at radius 2 is 1.84 bits per heavy atom. The second-order valence-electron chi connectivity index (χ2n) is 6.53. The molecule has 1 amide bonds. The lowest BCUT2D eigenvalue weighted by Gasteiger charge is -2.08. The number of hydrogen-bond donors (Lipinski definition) is 1. The van der Waals surface area contributed by atoms with Crippen molar-refractivity contribution in [2.45, 2.75) is 13.8 Å². The second-order valence-corrected chi connectivity index (χ2v) is 8.16. The fourth-order valence-corrected chi connectivity index (χ4v) is 4.36. The van der Waals surface area contributed by atoms with Gasteiger partial charge in [-0.25, -0.2) is 4.79 Å². The predicted octanol–water partition coefficient (Wildman–Crippen LogP) is 6.21. The number of hydrogen-bond acceptors (Lipinski definition) is 5. The molecule has 160 valence electrons. The van der Waals surface area contributed by atoms with Gasteiger partial charge in [-0.1, -0.05) is 41.9 Å². The Labute approximate surface area is 190 Å². The normalized spacial score (nSPS) is 10.8. The Hall–Kier alpha value is -3.09. The lowest BCUT2D eigenvalue weighted by molar-refractivity contribution is -0.111. The number of esters is 1. The van der Waals surface area contributed by atoms with Crippen LogP contribution in [0.15, 0.2) is 54.6 Å². The van der Waals surface area contributed by atoms with Crippen LogP contribution < -0.4 is 10.1 Å². The smallest absolute Gasteiger partial charge is 0.341 e. The van der Waals surface area contributed by atoms with Crippen molar-refractivity contribution < 1.29 is 19.1 Å². The molecule has 0 fully saturated rings. The molecule has 7 heteroatoms. The van der Waals surface area contributed by atoms with Crippen LogP contribution in [0.4, 0.5) is 5.00 Å². The summed E-state index contributed by atoms with van der Waals surface area (Å²) in [6, 6.07) is 14.7. The summed E-state index contributed by atoms with van der Waals surface area (Å²) >= 11 is 7.45. The van der Waals surface area contributed by atoms with Gasteiger partial charge in [-0.2, -0.15) is 0 Å². The molecule has 0 bridgehead atoms. The highest BCUT2D eigenvalue weighted by Crippen LogP contribution is 2.40. The molecule has 1 heterocycles. The van der Waals surface area contributed by atoms with Crippen LogP contribution >= 0.6 is 22.9 Å². The Morgan fingerprint density at radius 3 is 2.48 bits per heavy atom. The molecule has 1 aromatic heterocycles. The number of rotatable bonds is 7. The summed E-state index contributed by atoms with van der Waals surface area (Å²) in [4.78, 5) is 26.0. The highest BCUT2D eigenvalue weighted by molar-refractivity contribution is 7.17. The van der Waals surface area contributed by atoms with Gasteiger partial charge in [-0.05, 0) is 49.2 Å². The molecule has 3 rings (SSSR count). The first-order valence-electron chi connectivity index (χ1n) is 9.63. The van der Waals surface area contributed by atoms with Crippen molar-refractivity contribution in [1.82, 2.24) is 0 Å². The molecule has 0 radical (unpaired) electrons. The number of ether oxygens (including phenoxy) is 2. The molecule has 31 heavy (non-hydrogen) atoms. The van der Waals surface area contributed by atoms with Gasteiger partial charge in [0, 0.05) is 21.5 Å². The van der Waals surface area contributed by atoms with E-state index in [1.807, 2.05) is 56.3 Å². The maximum atomic E-state index is 12.6. The number of methoxy groups -OCH3 is 1. The van der Waals surface area contributed by atoms with Gasteiger partial charge in [0.2, 0.25) is 5.91 Å².